The summed E-state index contributed by atoms with van der Waals surface area (Å²) in [6, 6.07) is 18.2. The van der Waals surface area contributed by atoms with Crippen molar-refractivity contribution in [3.8, 4) is 17.2 Å². The van der Waals surface area contributed by atoms with Crippen LogP contribution < -0.4 is 23.9 Å². The van der Waals surface area contributed by atoms with Crippen LogP contribution in [0.4, 0.5) is 5.69 Å². The molecular weight excluding hydrogens is 494 g/mol. The number of amides is 1. The zero-order valence-corrected chi connectivity index (χ0v) is 22.3. The van der Waals surface area contributed by atoms with Crippen molar-refractivity contribution in [3.63, 3.8) is 0 Å². The van der Waals surface area contributed by atoms with E-state index in [4.69, 9.17) is 14.2 Å². The first-order valence-corrected chi connectivity index (χ1v) is 13.0. The van der Waals surface area contributed by atoms with Crippen LogP contribution >= 0.6 is 0 Å². The number of nitrogens with zero attached hydrogens (tertiary/aromatic N) is 2. The molecule has 0 unspecified atom stereocenters. The molecule has 0 aliphatic carbocycles. The fourth-order valence-corrected chi connectivity index (χ4v) is 4.89. The molecule has 0 radical (unpaired) electrons. The van der Waals surface area contributed by atoms with E-state index in [1.165, 1.54) is 19.2 Å². The number of rotatable bonds is 11. The van der Waals surface area contributed by atoms with Crippen molar-refractivity contribution in [2.45, 2.75) is 25.7 Å². The van der Waals surface area contributed by atoms with Gasteiger partial charge in [0.15, 0.2) is 11.5 Å². The van der Waals surface area contributed by atoms with Crippen LogP contribution in [-0.2, 0) is 14.8 Å². The fourth-order valence-electron chi connectivity index (χ4n) is 3.47. The van der Waals surface area contributed by atoms with Crippen LogP contribution in [0.25, 0.3) is 0 Å². The molecule has 3 aromatic rings. The summed E-state index contributed by atoms with van der Waals surface area (Å²) >= 11 is 0. The summed E-state index contributed by atoms with van der Waals surface area (Å²) < 4.78 is 44.1. The van der Waals surface area contributed by atoms with E-state index in [-0.39, 0.29) is 4.90 Å². The highest BCUT2D eigenvalue weighted by molar-refractivity contribution is 7.92. The smallest absolute Gasteiger partial charge is 0.264 e. The van der Waals surface area contributed by atoms with Crippen molar-refractivity contribution in [3.05, 3.63) is 77.9 Å². The summed E-state index contributed by atoms with van der Waals surface area (Å²) in [4.78, 5) is 12.9. The Balaban J connectivity index is 1.85. The number of carbonyl (C=O) groups is 1. The number of hydrogen-bond acceptors (Lipinski definition) is 7. The summed E-state index contributed by atoms with van der Waals surface area (Å²) in [5, 5.41) is 4.16. The van der Waals surface area contributed by atoms with E-state index in [1.54, 1.807) is 68.6 Å². The van der Waals surface area contributed by atoms with Gasteiger partial charge in [0, 0.05) is 5.56 Å². The van der Waals surface area contributed by atoms with Crippen LogP contribution in [0.3, 0.4) is 0 Å². The molecule has 0 fully saturated rings. The van der Waals surface area contributed by atoms with Gasteiger partial charge in [-0.3, -0.25) is 9.10 Å². The Morgan fingerprint density at radius 3 is 2.19 bits per heavy atom. The van der Waals surface area contributed by atoms with Crippen molar-refractivity contribution in [1.82, 2.24) is 5.43 Å². The molecule has 1 amide bonds. The quantitative estimate of drug-likeness (QED) is 0.298. The Bertz CT molecular complexity index is 1350. The van der Waals surface area contributed by atoms with E-state index >= 15 is 0 Å². The molecule has 0 spiro atoms. The minimum absolute atomic E-state index is 0.0364. The molecule has 9 nitrogen and oxygen atoms in total. The van der Waals surface area contributed by atoms with Crippen molar-refractivity contribution in [2.75, 3.05) is 31.7 Å². The van der Waals surface area contributed by atoms with E-state index in [9.17, 15) is 13.2 Å². The summed E-state index contributed by atoms with van der Waals surface area (Å²) in [5.74, 6) is 1.04. The molecule has 0 saturated carbocycles. The van der Waals surface area contributed by atoms with Crippen LogP contribution in [0.5, 0.6) is 17.2 Å². The zero-order valence-electron chi connectivity index (χ0n) is 21.5. The second-order valence-corrected chi connectivity index (χ2v) is 9.92. The molecule has 10 heteroatoms. The SMILES string of the molecule is CCOc1ccc(S(=O)(=O)N(CC(=O)N/N=C(/C)c2ccc(OC)c(OC)c2)c2ccc(C)cc2)cc1. The van der Waals surface area contributed by atoms with Crippen LogP contribution in [0.2, 0.25) is 0 Å². The highest BCUT2D eigenvalue weighted by atomic mass is 32.2. The average Bonchev–Trinajstić information content (AvgIpc) is 2.91. The third kappa shape index (κ3) is 6.79. The van der Waals surface area contributed by atoms with Gasteiger partial charge in [0.1, 0.15) is 12.3 Å². The highest BCUT2D eigenvalue weighted by Crippen LogP contribution is 2.28. The molecule has 0 aromatic heterocycles. The molecule has 3 aromatic carbocycles. The van der Waals surface area contributed by atoms with E-state index in [0.717, 1.165) is 9.87 Å². The van der Waals surface area contributed by atoms with Crippen molar-refractivity contribution in [1.29, 1.82) is 0 Å². The van der Waals surface area contributed by atoms with Gasteiger partial charge in [-0.05, 0) is 75.4 Å². The number of benzene rings is 3. The van der Waals surface area contributed by atoms with Gasteiger partial charge in [-0.25, -0.2) is 13.8 Å². The predicted molar refractivity (Wildman–Crippen MR) is 143 cm³/mol. The number of aryl methyl sites for hydroxylation is 1. The molecule has 0 aliphatic rings. The zero-order chi connectivity index (χ0) is 27.0. The second kappa shape index (κ2) is 12.3. The topological polar surface area (TPSA) is 107 Å². The first-order valence-electron chi connectivity index (χ1n) is 11.6. The molecule has 0 saturated heterocycles. The summed E-state index contributed by atoms with van der Waals surface area (Å²) in [6.45, 7) is 5.45. The molecule has 3 rings (SSSR count). The van der Waals surface area contributed by atoms with Gasteiger partial charge in [-0.2, -0.15) is 5.10 Å². The van der Waals surface area contributed by atoms with Gasteiger partial charge in [0.25, 0.3) is 15.9 Å². The molecule has 0 bridgehead atoms. The minimum Gasteiger partial charge on any atom is -0.494 e. The van der Waals surface area contributed by atoms with Gasteiger partial charge >= 0.3 is 0 Å². The number of sulfonamides is 1. The van der Waals surface area contributed by atoms with Crippen molar-refractivity contribution >= 4 is 27.3 Å². The van der Waals surface area contributed by atoms with Gasteiger partial charge in [0.05, 0.1) is 37.1 Å². The molecular formula is C27H31N3O6S. The molecule has 37 heavy (non-hydrogen) atoms. The Labute approximate surface area is 217 Å². The maximum absolute atomic E-state index is 13.6. The first kappa shape index (κ1) is 27.5. The molecule has 196 valence electrons. The monoisotopic (exact) mass is 525 g/mol. The lowest BCUT2D eigenvalue weighted by atomic mass is 10.1. The Hall–Kier alpha value is -4.05. The summed E-state index contributed by atoms with van der Waals surface area (Å²) in [5.41, 5.74) is 4.98. The van der Waals surface area contributed by atoms with Crippen LogP contribution in [0.1, 0.15) is 25.0 Å². The van der Waals surface area contributed by atoms with Gasteiger partial charge in [-0.15, -0.1) is 0 Å². The standard InChI is InChI=1S/C27H31N3O6S/c1-6-36-23-12-14-24(15-13-23)37(32,33)30(22-10-7-19(2)8-11-22)18-27(31)29-28-20(3)21-9-16-25(34-4)26(17-21)35-5/h7-17H,6,18H2,1-5H3,(H,29,31)/b28-20-. The lowest BCUT2D eigenvalue weighted by Gasteiger charge is -2.24. The summed E-state index contributed by atoms with van der Waals surface area (Å²) in [7, 11) is -0.993. The Kier molecular flexibility index (Phi) is 9.13. The molecule has 0 atom stereocenters. The first-order chi connectivity index (χ1) is 17.7. The number of methoxy groups -OCH3 is 2. The van der Waals surface area contributed by atoms with Gasteiger partial charge < -0.3 is 14.2 Å². The number of hydrogen-bond donors (Lipinski definition) is 1. The number of hydrazone groups is 1. The molecule has 0 aliphatic heterocycles. The normalized spacial score (nSPS) is 11.5. The summed E-state index contributed by atoms with van der Waals surface area (Å²) in [6.07, 6.45) is 0. The fraction of sp³-hybridized carbons (Fsp3) is 0.259. The van der Waals surface area contributed by atoms with Crippen LogP contribution in [0.15, 0.2) is 76.7 Å². The van der Waals surface area contributed by atoms with Gasteiger partial charge in [-0.1, -0.05) is 17.7 Å². The third-order valence-corrected chi connectivity index (χ3v) is 7.27. The predicted octanol–water partition coefficient (Wildman–Crippen LogP) is 4.15. The Morgan fingerprint density at radius 2 is 1.59 bits per heavy atom. The number of anilines is 1. The Morgan fingerprint density at radius 1 is 0.946 bits per heavy atom. The van der Waals surface area contributed by atoms with Crippen molar-refractivity contribution in [2.24, 2.45) is 5.10 Å². The molecule has 0 heterocycles. The lowest BCUT2D eigenvalue weighted by Crippen LogP contribution is -2.39. The maximum atomic E-state index is 13.6. The van der Waals surface area contributed by atoms with E-state index in [0.29, 0.717) is 40.8 Å². The van der Waals surface area contributed by atoms with Gasteiger partial charge in [0.2, 0.25) is 0 Å². The highest BCUT2D eigenvalue weighted by Gasteiger charge is 2.27. The lowest BCUT2D eigenvalue weighted by molar-refractivity contribution is -0.119. The number of nitrogens with one attached hydrogen (secondary N) is 1. The number of ether oxygens (including phenoxy) is 3. The molecule has 1 N–H and O–H groups in total. The number of carbonyl (C=O) groups excluding carboxylic acids is 1. The second-order valence-electron chi connectivity index (χ2n) is 8.05. The average molecular weight is 526 g/mol. The van der Waals surface area contributed by atoms with E-state index < -0.39 is 22.5 Å². The van der Waals surface area contributed by atoms with E-state index in [1.807, 2.05) is 13.8 Å². The van der Waals surface area contributed by atoms with Crippen LogP contribution in [-0.4, -0.2) is 47.4 Å². The maximum Gasteiger partial charge on any atom is 0.264 e. The minimum atomic E-state index is -4.06. The van der Waals surface area contributed by atoms with E-state index in [2.05, 4.69) is 10.5 Å². The largest absolute Gasteiger partial charge is 0.494 e. The third-order valence-electron chi connectivity index (χ3n) is 5.48. The van der Waals surface area contributed by atoms with Crippen LogP contribution in [0, 0.1) is 6.92 Å². The van der Waals surface area contributed by atoms with Crippen molar-refractivity contribution < 1.29 is 27.4 Å².